The summed E-state index contributed by atoms with van der Waals surface area (Å²) in [5.41, 5.74) is 1.10. The molecule has 2 aromatic carbocycles. The maximum Gasteiger partial charge on any atom is 0.344 e. The van der Waals surface area contributed by atoms with Crippen molar-refractivity contribution in [2.45, 2.75) is 58.0 Å². The van der Waals surface area contributed by atoms with E-state index in [0.717, 1.165) is 31.2 Å². The van der Waals surface area contributed by atoms with Crippen molar-refractivity contribution in [1.82, 2.24) is 0 Å². The topological polar surface area (TPSA) is 75.0 Å². The molecule has 6 heteroatoms. The molecule has 6 nitrogen and oxygen atoms in total. The van der Waals surface area contributed by atoms with E-state index in [4.69, 9.17) is 18.6 Å². The first-order chi connectivity index (χ1) is 15.5. The van der Waals surface area contributed by atoms with Gasteiger partial charge < -0.3 is 18.6 Å². The van der Waals surface area contributed by atoms with Crippen molar-refractivity contribution in [2.75, 3.05) is 6.61 Å². The van der Waals surface area contributed by atoms with Gasteiger partial charge in [-0.3, -0.25) is 4.79 Å². The van der Waals surface area contributed by atoms with Crippen LogP contribution in [0.25, 0.3) is 11.0 Å². The molecule has 1 fully saturated rings. The van der Waals surface area contributed by atoms with Gasteiger partial charge in [0.15, 0.2) is 6.61 Å². The van der Waals surface area contributed by atoms with Crippen LogP contribution in [-0.4, -0.2) is 18.7 Å². The number of hydrogen-bond donors (Lipinski definition) is 0. The molecule has 0 spiro atoms. The van der Waals surface area contributed by atoms with Crippen molar-refractivity contribution >= 4 is 16.9 Å². The molecular formula is C26H28O6. The highest BCUT2D eigenvalue weighted by Crippen LogP contribution is 2.30. The van der Waals surface area contributed by atoms with E-state index >= 15 is 0 Å². The maximum absolute atomic E-state index is 12.9. The molecule has 0 saturated heterocycles. The Kier molecular flexibility index (Phi) is 6.78. The SMILES string of the molecule is CC(C)c1ccccc1Oc1coc2cc(OCC(=O)OC3CCCCC3)ccc2c1=O. The molecule has 1 aliphatic rings. The van der Waals surface area contributed by atoms with Gasteiger partial charge in [-0.05, 0) is 55.4 Å². The van der Waals surface area contributed by atoms with Gasteiger partial charge in [-0.2, -0.15) is 0 Å². The predicted molar refractivity (Wildman–Crippen MR) is 122 cm³/mol. The summed E-state index contributed by atoms with van der Waals surface area (Å²) in [4.78, 5) is 25.0. The molecule has 1 aromatic heterocycles. The van der Waals surface area contributed by atoms with Gasteiger partial charge in [0.05, 0.1) is 5.39 Å². The van der Waals surface area contributed by atoms with Crippen LogP contribution in [0.15, 0.2) is 57.9 Å². The third-order valence-electron chi connectivity index (χ3n) is 5.68. The van der Waals surface area contributed by atoms with Gasteiger partial charge in [0.2, 0.25) is 11.2 Å². The van der Waals surface area contributed by atoms with E-state index in [1.54, 1.807) is 18.2 Å². The summed E-state index contributed by atoms with van der Waals surface area (Å²) in [5.74, 6) is 1.05. The molecule has 0 atom stereocenters. The Morgan fingerprint density at radius 1 is 1.06 bits per heavy atom. The summed E-state index contributed by atoms with van der Waals surface area (Å²) in [5, 5.41) is 0.377. The lowest BCUT2D eigenvalue weighted by Crippen LogP contribution is -2.24. The van der Waals surface area contributed by atoms with E-state index < -0.39 is 0 Å². The second-order valence-electron chi connectivity index (χ2n) is 8.42. The monoisotopic (exact) mass is 436 g/mol. The van der Waals surface area contributed by atoms with Crippen LogP contribution in [0, 0.1) is 0 Å². The van der Waals surface area contributed by atoms with Crippen LogP contribution in [0.1, 0.15) is 57.4 Å². The standard InChI is InChI=1S/C26H28O6/c1-17(2)20-10-6-7-11-22(20)32-24-15-30-23-14-19(12-13-21(23)26(24)28)29-16-25(27)31-18-8-4-3-5-9-18/h6-7,10-15,17-18H,3-5,8-9,16H2,1-2H3. The van der Waals surface area contributed by atoms with Gasteiger partial charge in [0.25, 0.3) is 0 Å². The van der Waals surface area contributed by atoms with Crippen LogP contribution in [-0.2, 0) is 9.53 Å². The zero-order valence-electron chi connectivity index (χ0n) is 18.5. The summed E-state index contributed by atoms with van der Waals surface area (Å²) in [7, 11) is 0. The fourth-order valence-corrected chi connectivity index (χ4v) is 3.97. The van der Waals surface area contributed by atoms with Crippen molar-refractivity contribution in [3.05, 3.63) is 64.5 Å². The van der Waals surface area contributed by atoms with Gasteiger partial charge in [-0.1, -0.05) is 38.5 Å². The van der Waals surface area contributed by atoms with Crippen molar-refractivity contribution in [2.24, 2.45) is 0 Å². The number of benzene rings is 2. The molecule has 0 bridgehead atoms. The van der Waals surface area contributed by atoms with Crippen molar-refractivity contribution < 1.29 is 23.4 Å². The third-order valence-corrected chi connectivity index (χ3v) is 5.68. The number of esters is 1. The highest BCUT2D eigenvalue weighted by Gasteiger charge is 2.18. The third kappa shape index (κ3) is 5.13. The maximum atomic E-state index is 12.9. The Labute approximate surface area is 187 Å². The van der Waals surface area contributed by atoms with Gasteiger partial charge in [-0.15, -0.1) is 0 Å². The average Bonchev–Trinajstić information content (AvgIpc) is 2.80. The normalized spacial score (nSPS) is 14.5. The minimum Gasteiger partial charge on any atom is -0.482 e. The smallest absolute Gasteiger partial charge is 0.344 e. The number of ether oxygens (including phenoxy) is 3. The molecule has 0 unspecified atom stereocenters. The molecule has 0 amide bonds. The molecule has 0 aliphatic heterocycles. The minimum atomic E-state index is -0.383. The Morgan fingerprint density at radius 2 is 1.84 bits per heavy atom. The fraction of sp³-hybridized carbons (Fsp3) is 0.385. The number of para-hydroxylation sites is 1. The second kappa shape index (κ2) is 9.90. The van der Waals surface area contributed by atoms with Crippen LogP contribution in [0.5, 0.6) is 17.2 Å². The van der Waals surface area contributed by atoms with E-state index in [2.05, 4.69) is 13.8 Å². The van der Waals surface area contributed by atoms with Crippen LogP contribution in [0.3, 0.4) is 0 Å². The largest absolute Gasteiger partial charge is 0.482 e. The van der Waals surface area contributed by atoms with E-state index in [1.165, 1.54) is 12.7 Å². The van der Waals surface area contributed by atoms with E-state index in [1.807, 2.05) is 24.3 Å². The fourth-order valence-electron chi connectivity index (χ4n) is 3.97. The van der Waals surface area contributed by atoms with Crippen molar-refractivity contribution in [3.8, 4) is 17.2 Å². The number of fused-ring (bicyclic) bond motifs is 1. The van der Waals surface area contributed by atoms with Gasteiger partial charge in [-0.25, -0.2) is 4.79 Å². The van der Waals surface area contributed by atoms with Gasteiger partial charge in [0.1, 0.15) is 29.4 Å². The number of carbonyl (C=O) groups is 1. The lowest BCUT2D eigenvalue weighted by atomic mass is 9.98. The highest BCUT2D eigenvalue weighted by molar-refractivity contribution is 5.79. The summed E-state index contributed by atoms with van der Waals surface area (Å²) in [6.07, 6.45) is 6.52. The molecule has 1 heterocycles. The quantitative estimate of drug-likeness (QED) is 0.425. The number of hydrogen-bond acceptors (Lipinski definition) is 6. The Morgan fingerprint density at radius 3 is 2.62 bits per heavy atom. The first-order valence-electron chi connectivity index (χ1n) is 11.2. The predicted octanol–water partition coefficient (Wildman–Crippen LogP) is 5.96. The van der Waals surface area contributed by atoms with E-state index in [0.29, 0.717) is 22.5 Å². The number of carbonyl (C=O) groups excluding carboxylic acids is 1. The lowest BCUT2D eigenvalue weighted by Gasteiger charge is -2.21. The molecule has 1 saturated carbocycles. The van der Waals surface area contributed by atoms with Crippen LogP contribution in [0.4, 0.5) is 0 Å². The Balaban J connectivity index is 1.45. The molecule has 4 rings (SSSR count). The molecule has 0 radical (unpaired) electrons. The lowest BCUT2D eigenvalue weighted by molar-refractivity contribution is -0.152. The van der Waals surface area contributed by atoms with Crippen molar-refractivity contribution in [1.29, 1.82) is 0 Å². The zero-order chi connectivity index (χ0) is 22.5. The molecule has 32 heavy (non-hydrogen) atoms. The van der Waals surface area contributed by atoms with Crippen LogP contribution in [0.2, 0.25) is 0 Å². The summed E-state index contributed by atoms with van der Waals surface area (Å²) in [6.45, 7) is 3.95. The molecule has 168 valence electrons. The zero-order valence-corrected chi connectivity index (χ0v) is 18.5. The molecular weight excluding hydrogens is 408 g/mol. The second-order valence-corrected chi connectivity index (χ2v) is 8.42. The van der Waals surface area contributed by atoms with Gasteiger partial charge >= 0.3 is 5.97 Å². The van der Waals surface area contributed by atoms with Crippen molar-refractivity contribution in [3.63, 3.8) is 0 Å². The minimum absolute atomic E-state index is 0.00581. The molecule has 0 N–H and O–H groups in total. The first kappa shape index (κ1) is 21.9. The van der Waals surface area contributed by atoms with Gasteiger partial charge in [0, 0.05) is 6.07 Å². The average molecular weight is 437 g/mol. The first-order valence-corrected chi connectivity index (χ1v) is 11.2. The Bertz CT molecular complexity index is 1140. The Hall–Kier alpha value is -3.28. The van der Waals surface area contributed by atoms with E-state index in [-0.39, 0.29) is 35.8 Å². The number of rotatable bonds is 7. The van der Waals surface area contributed by atoms with Crippen LogP contribution >= 0.6 is 0 Å². The molecule has 3 aromatic rings. The summed E-state index contributed by atoms with van der Waals surface area (Å²) >= 11 is 0. The van der Waals surface area contributed by atoms with Crippen LogP contribution < -0.4 is 14.9 Å². The molecule has 1 aliphatic carbocycles. The summed E-state index contributed by atoms with van der Waals surface area (Å²) in [6, 6.07) is 12.5. The highest BCUT2D eigenvalue weighted by atomic mass is 16.6. The van der Waals surface area contributed by atoms with E-state index in [9.17, 15) is 9.59 Å². The summed E-state index contributed by atoms with van der Waals surface area (Å²) < 4.78 is 22.6.